The van der Waals surface area contributed by atoms with Crippen molar-refractivity contribution >= 4 is 21.9 Å². The van der Waals surface area contributed by atoms with E-state index in [1.165, 1.54) is 12.1 Å². The monoisotopic (exact) mass is 713 g/mol. The van der Waals surface area contributed by atoms with Crippen molar-refractivity contribution in [2.45, 2.75) is 25.8 Å². The van der Waals surface area contributed by atoms with Gasteiger partial charge in [0.25, 0.3) is 0 Å². The Morgan fingerprint density at radius 3 is 1.74 bits per heavy atom. The molecule has 4 aromatic carbocycles. The van der Waals surface area contributed by atoms with Gasteiger partial charge >= 0.3 is 0 Å². The second-order valence-corrected chi connectivity index (χ2v) is 12.5. The fourth-order valence-electron chi connectivity index (χ4n) is 5.79. The maximum Gasteiger partial charge on any atom is 0.193 e. The van der Waals surface area contributed by atoms with E-state index in [2.05, 4.69) is 17.2 Å². The molecule has 11 heteroatoms. The lowest BCUT2D eigenvalue weighted by Gasteiger charge is -2.11. The highest BCUT2D eigenvalue weighted by Gasteiger charge is 2.13. The molecule has 53 heavy (non-hydrogen) atoms. The summed E-state index contributed by atoms with van der Waals surface area (Å²) < 4.78 is 37.0. The smallest absolute Gasteiger partial charge is 0.193 e. The molecule has 0 saturated carbocycles. The number of ether oxygens (including phenoxy) is 4. The molecule has 11 nitrogen and oxygen atoms in total. The van der Waals surface area contributed by atoms with Crippen LogP contribution in [0.5, 0.6) is 11.5 Å². The van der Waals surface area contributed by atoms with Crippen molar-refractivity contribution < 1.29 is 27.8 Å². The maximum atomic E-state index is 12.7. The van der Waals surface area contributed by atoms with Crippen molar-refractivity contribution in [1.29, 1.82) is 0 Å². The molecular formula is C42H39N3O8. The number of hydrogen-bond acceptors (Lipinski definition) is 10. The number of nitrogens with zero attached hydrogens (tertiary/aromatic N) is 3. The van der Waals surface area contributed by atoms with Gasteiger partial charge in [0.1, 0.15) is 40.8 Å². The van der Waals surface area contributed by atoms with Crippen LogP contribution in [0.4, 0.5) is 0 Å². The van der Waals surface area contributed by atoms with Crippen LogP contribution in [0.25, 0.3) is 44.6 Å². The Bertz CT molecular complexity index is 2390. The zero-order valence-electron chi connectivity index (χ0n) is 29.3. The molecule has 0 saturated heterocycles. The summed E-state index contributed by atoms with van der Waals surface area (Å²) in [4.78, 5) is 25.3. The van der Waals surface area contributed by atoms with Crippen molar-refractivity contribution in [2.24, 2.45) is 0 Å². The summed E-state index contributed by atoms with van der Waals surface area (Å²) in [6.45, 7) is 5.17. The summed E-state index contributed by atoms with van der Waals surface area (Å²) in [5.41, 5.74) is 3.32. The van der Waals surface area contributed by atoms with E-state index >= 15 is 0 Å². The fourth-order valence-corrected chi connectivity index (χ4v) is 5.79. The molecule has 0 aliphatic carbocycles. The molecule has 0 bridgehead atoms. The maximum absolute atomic E-state index is 12.7. The summed E-state index contributed by atoms with van der Waals surface area (Å²) >= 11 is 0. The van der Waals surface area contributed by atoms with Gasteiger partial charge in [-0.25, -0.2) is 4.68 Å². The topological polar surface area (TPSA) is 128 Å². The molecule has 3 aromatic heterocycles. The Morgan fingerprint density at radius 2 is 1.15 bits per heavy atom. The van der Waals surface area contributed by atoms with E-state index in [9.17, 15) is 9.59 Å². The third-order valence-electron chi connectivity index (χ3n) is 8.73. The average Bonchev–Trinajstić information content (AvgIpc) is 3.67. The first-order valence-electron chi connectivity index (χ1n) is 17.6. The van der Waals surface area contributed by atoms with Crippen LogP contribution in [-0.4, -0.2) is 54.6 Å². The minimum atomic E-state index is -0.101. The van der Waals surface area contributed by atoms with Crippen molar-refractivity contribution in [3.63, 3.8) is 0 Å². The summed E-state index contributed by atoms with van der Waals surface area (Å²) in [7, 11) is 0. The molecule has 1 atom stereocenters. The van der Waals surface area contributed by atoms with Gasteiger partial charge in [-0.1, -0.05) is 72.8 Å². The van der Waals surface area contributed by atoms with Gasteiger partial charge in [-0.15, -0.1) is 5.10 Å². The number of fused-ring (bicyclic) bond motifs is 2. The normalized spacial score (nSPS) is 11.9. The molecule has 0 amide bonds. The highest BCUT2D eigenvalue weighted by molar-refractivity contribution is 5.81. The summed E-state index contributed by atoms with van der Waals surface area (Å²) in [6, 6.07) is 32.6. The quantitative estimate of drug-likeness (QED) is 0.0875. The van der Waals surface area contributed by atoms with Gasteiger partial charge in [-0.05, 0) is 30.7 Å². The van der Waals surface area contributed by atoms with Gasteiger partial charge in [0.05, 0.1) is 56.0 Å². The number of benzene rings is 4. The van der Waals surface area contributed by atoms with E-state index in [-0.39, 0.29) is 16.8 Å². The molecule has 0 N–H and O–H groups in total. The Kier molecular flexibility index (Phi) is 11.3. The summed E-state index contributed by atoms with van der Waals surface area (Å²) in [5.74, 6) is 2.39. The fraction of sp³-hybridized carbons (Fsp3) is 0.238. The molecule has 3 heterocycles. The van der Waals surface area contributed by atoms with Gasteiger partial charge in [0, 0.05) is 47.5 Å². The van der Waals surface area contributed by atoms with Crippen molar-refractivity contribution in [1.82, 2.24) is 15.0 Å². The van der Waals surface area contributed by atoms with Gasteiger partial charge in [0.15, 0.2) is 10.9 Å². The Hall–Kier alpha value is -6.04. The summed E-state index contributed by atoms with van der Waals surface area (Å²) in [5, 5.41) is 9.59. The SMILES string of the molecule is CC(CCOc1ccc2c(=O)cc(-c3ccccc3)oc2c1)c1cn(CCOCCOCCOc2ccc3c(=O)cc(-c4ccccc4)oc3c2)nn1. The molecule has 7 aromatic rings. The van der Waals surface area contributed by atoms with Crippen LogP contribution < -0.4 is 20.3 Å². The first-order valence-corrected chi connectivity index (χ1v) is 17.6. The van der Waals surface area contributed by atoms with Crippen LogP contribution in [0.3, 0.4) is 0 Å². The predicted octanol–water partition coefficient (Wildman–Crippen LogP) is 7.51. The van der Waals surface area contributed by atoms with Gasteiger partial charge in [-0.3, -0.25) is 9.59 Å². The molecule has 0 spiro atoms. The molecular weight excluding hydrogens is 674 g/mol. The molecule has 0 fully saturated rings. The highest BCUT2D eigenvalue weighted by atomic mass is 16.5. The number of aromatic nitrogens is 3. The van der Waals surface area contributed by atoms with Gasteiger partial charge in [-0.2, -0.15) is 0 Å². The zero-order chi connectivity index (χ0) is 36.4. The minimum absolute atomic E-state index is 0.0933. The lowest BCUT2D eigenvalue weighted by atomic mass is 10.1. The van der Waals surface area contributed by atoms with E-state index in [4.69, 9.17) is 27.8 Å². The highest BCUT2D eigenvalue weighted by Crippen LogP contribution is 2.27. The van der Waals surface area contributed by atoms with Crippen molar-refractivity contribution in [3.05, 3.63) is 142 Å². The van der Waals surface area contributed by atoms with E-state index in [0.717, 1.165) is 23.2 Å². The van der Waals surface area contributed by atoms with E-state index < -0.39 is 0 Å². The average molecular weight is 714 g/mol. The first kappa shape index (κ1) is 35.4. The lowest BCUT2D eigenvalue weighted by Crippen LogP contribution is -2.13. The molecule has 0 radical (unpaired) electrons. The number of hydrogen-bond donors (Lipinski definition) is 0. The molecule has 1 unspecified atom stereocenters. The second kappa shape index (κ2) is 17.0. The minimum Gasteiger partial charge on any atom is -0.493 e. The van der Waals surface area contributed by atoms with Crippen molar-refractivity contribution in [2.75, 3.05) is 39.6 Å². The first-order chi connectivity index (χ1) is 26.0. The van der Waals surface area contributed by atoms with Crippen LogP contribution in [-0.2, 0) is 16.0 Å². The van der Waals surface area contributed by atoms with E-state index in [0.29, 0.717) is 91.1 Å². The van der Waals surface area contributed by atoms with Crippen LogP contribution in [0.1, 0.15) is 25.0 Å². The van der Waals surface area contributed by atoms with Crippen LogP contribution in [0, 0.1) is 0 Å². The second-order valence-electron chi connectivity index (χ2n) is 12.5. The van der Waals surface area contributed by atoms with Gasteiger partial charge in [0.2, 0.25) is 0 Å². The van der Waals surface area contributed by atoms with Crippen LogP contribution in [0.2, 0.25) is 0 Å². The predicted molar refractivity (Wildman–Crippen MR) is 202 cm³/mol. The third kappa shape index (κ3) is 9.07. The Labute approximate surface area is 305 Å². The third-order valence-corrected chi connectivity index (χ3v) is 8.73. The zero-order valence-corrected chi connectivity index (χ0v) is 29.3. The Morgan fingerprint density at radius 1 is 0.623 bits per heavy atom. The Balaban J connectivity index is 0.785. The lowest BCUT2D eigenvalue weighted by molar-refractivity contribution is 0.0333. The van der Waals surface area contributed by atoms with Gasteiger partial charge < -0.3 is 27.8 Å². The van der Waals surface area contributed by atoms with E-state index in [1.807, 2.05) is 66.9 Å². The molecule has 270 valence electrons. The van der Waals surface area contributed by atoms with Crippen molar-refractivity contribution in [3.8, 4) is 34.1 Å². The molecule has 7 rings (SSSR count). The molecule has 0 aliphatic heterocycles. The van der Waals surface area contributed by atoms with E-state index in [1.54, 1.807) is 41.1 Å². The number of rotatable bonds is 17. The largest absolute Gasteiger partial charge is 0.493 e. The summed E-state index contributed by atoms with van der Waals surface area (Å²) in [6.07, 6.45) is 2.66. The van der Waals surface area contributed by atoms with Crippen LogP contribution in [0.15, 0.2) is 134 Å². The van der Waals surface area contributed by atoms with Crippen LogP contribution >= 0.6 is 0 Å². The standard InChI is InChI=1S/C42H39N3O8/c1-29(16-18-50-32-12-14-34-37(46)26-39(52-41(34)24-32)30-8-4-2-5-9-30)36-28-45(44-43-36)17-19-48-20-21-49-22-23-51-33-13-15-35-38(47)27-40(53-42(35)25-33)31-10-6-3-7-11-31/h2-15,24-29H,16-23H2,1H3. The molecule has 0 aliphatic rings.